The lowest BCUT2D eigenvalue weighted by molar-refractivity contribution is 0.257. The second-order valence-corrected chi connectivity index (χ2v) is 4.48. The Balaban J connectivity index is 2.02. The highest BCUT2D eigenvalue weighted by Gasteiger charge is 2.37. The largest absolute Gasteiger partial charge is 0.343 e. The molecule has 4 heteroatoms. The van der Waals surface area contributed by atoms with E-state index in [0.29, 0.717) is 17.3 Å². The van der Waals surface area contributed by atoms with E-state index in [2.05, 4.69) is 5.32 Å². The average Bonchev–Trinajstić information content (AvgIpc) is 2.27. The lowest BCUT2D eigenvalue weighted by Crippen LogP contribution is -2.41. The van der Waals surface area contributed by atoms with Crippen LogP contribution in [0.15, 0.2) is 0 Å². The van der Waals surface area contributed by atoms with Crippen LogP contribution in [0.2, 0.25) is 0 Å². The summed E-state index contributed by atoms with van der Waals surface area (Å²) in [5.74, 6) is 0. The highest BCUT2D eigenvalue weighted by Crippen LogP contribution is 2.33. The predicted molar refractivity (Wildman–Crippen MR) is 45.5 cm³/mol. The predicted octanol–water partition coefficient (Wildman–Crippen LogP) is 0.691. The molecular formula is C7H12N2OS. The van der Waals surface area contributed by atoms with Crippen molar-refractivity contribution in [1.29, 1.82) is 0 Å². The first-order chi connectivity index (χ1) is 5.25. The van der Waals surface area contributed by atoms with E-state index in [-0.39, 0.29) is 5.24 Å². The molecule has 3 atom stereocenters. The van der Waals surface area contributed by atoms with E-state index in [1.54, 1.807) is 0 Å². The zero-order valence-corrected chi connectivity index (χ0v) is 7.06. The van der Waals surface area contributed by atoms with Gasteiger partial charge in [-0.3, -0.25) is 4.79 Å². The molecule has 62 valence electrons. The molecule has 2 rings (SSSR count). The molecule has 3 nitrogen and oxygen atoms in total. The molecule has 2 fully saturated rings. The van der Waals surface area contributed by atoms with Crippen molar-refractivity contribution >= 4 is 17.0 Å². The van der Waals surface area contributed by atoms with Gasteiger partial charge in [0.25, 0.3) is 5.24 Å². The van der Waals surface area contributed by atoms with Crippen LogP contribution in [0.4, 0.5) is 4.79 Å². The minimum Gasteiger partial charge on any atom is -0.343 e. The van der Waals surface area contributed by atoms with Gasteiger partial charge in [0, 0.05) is 17.3 Å². The van der Waals surface area contributed by atoms with Gasteiger partial charge in [0.15, 0.2) is 0 Å². The zero-order chi connectivity index (χ0) is 7.84. The fourth-order valence-corrected chi connectivity index (χ4v) is 2.98. The van der Waals surface area contributed by atoms with Gasteiger partial charge in [0.2, 0.25) is 0 Å². The third-order valence-electron chi connectivity index (χ3n) is 2.39. The average molecular weight is 172 g/mol. The first-order valence-corrected chi connectivity index (χ1v) is 4.86. The Bertz CT molecular complexity index is 185. The summed E-state index contributed by atoms with van der Waals surface area (Å²) < 4.78 is 0. The summed E-state index contributed by atoms with van der Waals surface area (Å²) in [5, 5.41) is 3.53. The van der Waals surface area contributed by atoms with Crippen molar-refractivity contribution in [2.45, 2.75) is 36.6 Å². The Kier molecular flexibility index (Phi) is 1.81. The van der Waals surface area contributed by atoms with Gasteiger partial charge >= 0.3 is 0 Å². The summed E-state index contributed by atoms with van der Waals surface area (Å²) in [6.07, 6.45) is 3.11. The lowest BCUT2D eigenvalue weighted by atomic mass is 9.91. The molecule has 3 unspecified atom stereocenters. The number of nitrogens with one attached hydrogen (secondary N) is 1. The van der Waals surface area contributed by atoms with E-state index in [4.69, 9.17) is 5.73 Å². The van der Waals surface area contributed by atoms with Crippen molar-refractivity contribution in [3.05, 3.63) is 0 Å². The van der Waals surface area contributed by atoms with E-state index >= 15 is 0 Å². The van der Waals surface area contributed by atoms with Crippen LogP contribution in [-0.2, 0) is 0 Å². The highest BCUT2D eigenvalue weighted by molar-refractivity contribution is 8.14. The topological polar surface area (TPSA) is 55.1 Å². The maximum atomic E-state index is 10.9. The van der Waals surface area contributed by atoms with Crippen LogP contribution in [0.25, 0.3) is 0 Å². The number of carbonyl (C=O) groups is 1. The molecule has 0 spiro atoms. The van der Waals surface area contributed by atoms with Crippen molar-refractivity contribution < 1.29 is 4.79 Å². The molecule has 11 heavy (non-hydrogen) atoms. The van der Waals surface area contributed by atoms with Gasteiger partial charge < -0.3 is 11.1 Å². The molecule has 1 aliphatic carbocycles. The van der Waals surface area contributed by atoms with Crippen LogP contribution in [0, 0.1) is 0 Å². The Hall–Kier alpha value is -0.220. The van der Waals surface area contributed by atoms with Gasteiger partial charge in [-0.15, -0.1) is 0 Å². The first-order valence-electron chi connectivity index (χ1n) is 3.98. The molecule has 0 bridgehead atoms. The zero-order valence-electron chi connectivity index (χ0n) is 6.25. The normalized spacial score (nSPS) is 43.4. The number of carbonyl (C=O) groups excluding carboxylic acids is 1. The maximum Gasteiger partial charge on any atom is 0.279 e. The van der Waals surface area contributed by atoms with E-state index in [9.17, 15) is 4.79 Å². The molecule has 1 saturated heterocycles. The fraction of sp³-hybridized carbons (Fsp3) is 0.857. The number of thioether (sulfide) groups is 1. The van der Waals surface area contributed by atoms with Crippen LogP contribution in [0.1, 0.15) is 19.3 Å². The molecule has 3 N–H and O–H groups in total. The molecule has 0 aromatic heterocycles. The number of hydrogen-bond donors (Lipinski definition) is 2. The molecular weight excluding hydrogens is 160 g/mol. The second-order valence-electron chi connectivity index (χ2n) is 3.27. The van der Waals surface area contributed by atoms with E-state index < -0.39 is 0 Å². The second kappa shape index (κ2) is 2.68. The number of amides is 1. The van der Waals surface area contributed by atoms with Gasteiger partial charge in [-0.05, 0) is 19.3 Å². The smallest absolute Gasteiger partial charge is 0.279 e. The van der Waals surface area contributed by atoms with Gasteiger partial charge in [-0.25, -0.2) is 0 Å². The molecule has 2 aliphatic rings. The third-order valence-corrected chi connectivity index (χ3v) is 3.55. The van der Waals surface area contributed by atoms with E-state index in [0.717, 1.165) is 19.3 Å². The summed E-state index contributed by atoms with van der Waals surface area (Å²) >= 11 is 1.42. The van der Waals surface area contributed by atoms with Gasteiger partial charge in [-0.2, -0.15) is 0 Å². The van der Waals surface area contributed by atoms with Crippen molar-refractivity contribution in [2.24, 2.45) is 5.73 Å². The van der Waals surface area contributed by atoms with Crippen molar-refractivity contribution in [1.82, 2.24) is 5.32 Å². The van der Waals surface area contributed by atoms with Crippen LogP contribution in [0.3, 0.4) is 0 Å². The summed E-state index contributed by atoms with van der Waals surface area (Å²) in [6.45, 7) is 0. The molecule has 1 heterocycles. The molecule has 1 aliphatic heterocycles. The minimum atomic E-state index is 0.133. The van der Waals surface area contributed by atoms with Crippen LogP contribution >= 0.6 is 11.8 Å². The van der Waals surface area contributed by atoms with Gasteiger partial charge in [-0.1, -0.05) is 11.8 Å². The first kappa shape index (κ1) is 7.43. The Labute approximate surface area is 70.1 Å². The highest BCUT2D eigenvalue weighted by atomic mass is 32.2. The van der Waals surface area contributed by atoms with Crippen molar-refractivity contribution in [2.75, 3.05) is 0 Å². The Morgan fingerprint density at radius 2 is 2.36 bits per heavy atom. The number of fused-ring (bicyclic) bond motifs is 1. The molecule has 0 radical (unpaired) electrons. The number of hydrogen-bond acceptors (Lipinski definition) is 3. The van der Waals surface area contributed by atoms with Gasteiger partial charge in [0.1, 0.15) is 0 Å². The Morgan fingerprint density at radius 3 is 3.18 bits per heavy atom. The summed E-state index contributed by atoms with van der Waals surface area (Å²) in [7, 11) is 0. The molecule has 1 amide bonds. The quantitative estimate of drug-likeness (QED) is 0.565. The van der Waals surface area contributed by atoms with E-state index in [1.165, 1.54) is 11.8 Å². The monoisotopic (exact) mass is 172 g/mol. The molecule has 0 aromatic carbocycles. The van der Waals surface area contributed by atoms with Crippen LogP contribution in [-0.4, -0.2) is 22.6 Å². The minimum absolute atomic E-state index is 0.133. The summed E-state index contributed by atoms with van der Waals surface area (Å²) in [4.78, 5) is 10.9. The summed E-state index contributed by atoms with van der Waals surface area (Å²) in [5.41, 5.74) is 5.78. The Morgan fingerprint density at radius 1 is 1.55 bits per heavy atom. The van der Waals surface area contributed by atoms with Crippen LogP contribution in [0.5, 0.6) is 0 Å². The molecule has 1 saturated carbocycles. The van der Waals surface area contributed by atoms with E-state index in [1.807, 2.05) is 0 Å². The van der Waals surface area contributed by atoms with Gasteiger partial charge in [0.05, 0.1) is 0 Å². The SMILES string of the molecule is NC1CCC2NC(=O)SC2C1. The fourth-order valence-electron chi connectivity index (χ4n) is 1.78. The number of nitrogens with two attached hydrogens (primary N) is 1. The standard InChI is InChI=1S/C7H12N2OS/c8-4-1-2-5-6(3-4)11-7(10)9-5/h4-6H,1-3,8H2,(H,9,10). The van der Waals surface area contributed by atoms with Crippen LogP contribution < -0.4 is 11.1 Å². The van der Waals surface area contributed by atoms with Crippen molar-refractivity contribution in [3.63, 3.8) is 0 Å². The maximum absolute atomic E-state index is 10.9. The number of rotatable bonds is 0. The van der Waals surface area contributed by atoms with Crippen molar-refractivity contribution in [3.8, 4) is 0 Å². The summed E-state index contributed by atoms with van der Waals surface area (Å²) in [6, 6.07) is 0.726. The molecule has 0 aromatic rings. The third kappa shape index (κ3) is 1.37. The lowest BCUT2D eigenvalue weighted by Gasteiger charge is -2.27.